The number of carbonyl (C=O) groups excluding carboxylic acids is 1. The molecule has 8 heteroatoms. The standard InChI is InChI=1S/C18H22N4O2S2/c1-3-24-14(23)5-4-8-25-18-21-17-15(16-19-10-20-22(16)18)12-9-11(2)6-7-13(12)26-17/h10-11H,3-9H2,1-2H3/t11-/m0/s1. The normalized spacial score (nSPS) is 16.9. The van der Waals surface area contributed by atoms with Crippen LogP contribution in [0.2, 0.25) is 0 Å². The van der Waals surface area contributed by atoms with Crippen molar-refractivity contribution in [2.24, 2.45) is 5.92 Å². The zero-order valence-corrected chi connectivity index (χ0v) is 16.7. The molecule has 3 aromatic heterocycles. The summed E-state index contributed by atoms with van der Waals surface area (Å²) in [6.07, 6.45) is 6.30. The average Bonchev–Trinajstić information content (AvgIpc) is 3.22. The summed E-state index contributed by atoms with van der Waals surface area (Å²) < 4.78 is 6.83. The summed E-state index contributed by atoms with van der Waals surface area (Å²) in [4.78, 5) is 23.4. The molecule has 0 unspecified atom stereocenters. The van der Waals surface area contributed by atoms with Gasteiger partial charge in [0.05, 0.1) is 12.0 Å². The van der Waals surface area contributed by atoms with Crippen molar-refractivity contribution in [2.75, 3.05) is 12.4 Å². The van der Waals surface area contributed by atoms with E-state index >= 15 is 0 Å². The Balaban J connectivity index is 1.60. The number of rotatable bonds is 6. The number of aromatic nitrogens is 4. The summed E-state index contributed by atoms with van der Waals surface area (Å²) in [6, 6.07) is 0. The van der Waals surface area contributed by atoms with Gasteiger partial charge in [0.15, 0.2) is 10.8 Å². The highest BCUT2D eigenvalue weighted by molar-refractivity contribution is 7.99. The molecule has 0 amide bonds. The first-order chi connectivity index (χ1) is 12.7. The Hall–Kier alpha value is -1.67. The first-order valence-electron chi connectivity index (χ1n) is 9.09. The van der Waals surface area contributed by atoms with Crippen LogP contribution < -0.4 is 0 Å². The lowest BCUT2D eigenvalue weighted by atomic mass is 9.89. The van der Waals surface area contributed by atoms with Crippen LogP contribution in [0.15, 0.2) is 11.5 Å². The van der Waals surface area contributed by atoms with Crippen LogP contribution in [0.1, 0.15) is 43.6 Å². The van der Waals surface area contributed by atoms with Crippen molar-refractivity contribution in [3.05, 3.63) is 16.8 Å². The van der Waals surface area contributed by atoms with Crippen LogP contribution in [0.4, 0.5) is 0 Å². The predicted molar refractivity (Wildman–Crippen MR) is 104 cm³/mol. The van der Waals surface area contributed by atoms with E-state index in [-0.39, 0.29) is 5.97 Å². The minimum absolute atomic E-state index is 0.137. The Morgan fingerprint density at radius 1 is 1.50 bits per heavy atom. The third-order valence-corrected chi connectivity index (χ3v) is 6.90. The van der Waals surface area contributed by atoms with E-state index in [9.17, 15) is 4.79 Å². The lowest BCUT2D eigenvalue weighted by molar-refractivity contribution is -0.143. The molecule has 0 radical (unpaired) electrons. The van der Waals surface area contributed by atoms with Crippen molar-refractivity contribution in [1.82, 2.24) is 19.6 Å². The molecule has 138 valence electrons. The maximum absolute atomic E-state index is 11.5. The molecule has 1 aliphatic carbocycles. The van der Waals surface area contributed by atoms with Gasteiger partial charge in [0.2, 0.25) is 0 Å². The Morgan fingerprint density at radius 3 is 3.23 bits per heavy atom. The summed E-state index contributed by atoms with van der Waals surface area (Å²) in [7, 11) is 0. The molecule has 0 aromatic carbocycles. The quantitative estimate of drug-likeness (QED) is 0.275. The van der Waals surface area contributed by atoms with Gasteiger partial charge in [-0.25, -0.2) is 9.97 Å². The number of carbonyl (C=O) groups is 1. The molecular formula is C18H22N4O2S2. The minimum atomic E-state index is -0.137. The fourth-order valence-corrected chi connectivity index (χ4v) is 5.60. The molecule has 0 spiro atoms. The molecular weight excluding hydrogens is 368 g/mol. The maximum Gasteiger partial charge on any atom is 0.305 e. The molecule has 0 bridgehead atoms. The van der Waals surface area contributed by atoms with Crippen molar-refractivity contribution in [3.63, 3.8) is 0 Å². The highest BCUT2D eigenvalue weighted by atomic mass is 32.2. The number of hydrogen-bond donors (Lipinski definition) is 0. The van der Waals surface area contributed by atoms with Crippen LogP contribution in [0.25, 0.3) is 15.9 Å². The van der Waals surface area contributed by atoms with Gasteiger partial charge in [-0.3, -0.25) is 4.79 Å². The monoisotopic (exact) mass is 390 g/mol. The predicted octanol–water partition coefficient (Wildman–Crippen LogP) is 3.90. The van der Waals surface area contributed by atoms with E-state index in [0.717, 1.165) is 40.6 Å². The molecule has 0 saturated carbocycles. The van der Waals surface area contributed by atoms with Crippen LogP contribution in [0, 0.1) is 5.92 Å². The fourth-order valence-electron chi connectivity index (χ4n) is 3.45. The fraction of sp³-hybridized carbons (Fsp3) is 0.556. The Kier molecular flexibility index (Phi) is 5.13. The van der Waals surface area contributed by atoms with E-state index in [2.05, 4.69) is 17.0 Å². The largest absolute Gasteiger partial charge is 0.466 e. The van der Waals surface area contributed by atoms with Crippen molar-refractivity contribution < 1.29 is 9.53 Å². The van der Waals surface area contributed by atoms with Gasteiger partial charge in [-0.15, -0.1) is 11.3 Å². The summed E-state index contributed by atoms with van der Waals surface area (Å²) in [6.45, 7) is 4.58. The number of thioether (sulfide) groups is 1. The van der Waals surface area contributed by atoms with Gasteiger partial charge in [-0.2, -0.15) is 9.61 Å². The van der Waals surface area contributed by atoms with Crippen LogP contribution in [0.5, 0.6) is 0 Å². The van der Waals surface area contributed by atoms with E-state index < -0.39 is 0 Å². The van der Waals surface area contributed by atoms with Crippen molar-refractivity contribution in [3.8, 4) is 0 Å². The van der Waals surface area contributed by atoms with Gasteiger partial charge in [-0.05, 0) is 44.1 Å². The van der Waals surface area contributed by atoms with E-state index in [1.54, 1.807) is 29.4 Å². The van der Waals surface area contributed by atoms with E-state index in [4.69, 9.17) is 9.72 Å². The van der Waals surface area contributed by atoms with Crippen molar-refractivity contribution in [2.45, 2.75) is 51.1 Å². The second-order valence-electron chi connectivity index (χ2n) is 6.68. The zero-order valence-electron chi connectivity index (χ0n) is 15.0. The number of ether oxygens (including phenoxy) is 1. The highest BCUT2D eigenvalue weighted by Crippen LogP contribution is 2.39. The lowest BCUT2D eigenvalue weighted by Crippen LogP contribution is -2.09. The van der Waals surface area contributed by atoms with Gasteiger partial charge in [0.25, 0.3) is 0 Å². The topological polar surface area (TPSA) is 69.4 Å². The molecule has 0 fully saturated rings. The average molecular weight is 391 g/mol. The van der Waals surface area contributed by atoms with Gasteiger partial charge in [-0.1, -0.05) is 18.7 Å². The molecule has 0 saturated heterocycles. The Labute approximate surface area is 160 Å². The second-order valence-corrected chi connectivity index (χ2v) is 8.82. The zero-order chi connectivity index (χ0) is 18.1. The smallest absolute Gasteiger partial charge is 0.305 e. The molecule has 1 atom stereocenters. The number of fused-ring (bicyclic) bond motifs is 5. The summed E-state index contributed by atoms with van der Waals surface area (Å²) >= 11 is 3.43. The van der Waals surface area contributed by atoms with Crippen LogP contribution in [0.3, 0.4) is 0 Å². The molecule has 0 aliphatic heterocycles. The maximum atomic E-state index is 11.5. The van der Waals surface area contributed by atoms with Crippen LogP contribution >= 0.6 is 23.1 Å². The first kappa shape index (κ1) is 17.7. The number of nitrogens with zero attached hydrogens (tertiary/aromatic N) is 4. The van der Waals surface area contributed by atoms with E-state index in [0.29, 0.717) is 18.9 Å². The number of hydrogen-bond acceptors (Lipinski definition) is 7. The minimum Gasteiger partial charge on any atom is -0.466 e. The lowest BCUT2D eigenvalue weighted by Gasteiger charge is -2.17. The number of aryl methyl sites for hydroxylation is 1. The van der Waals surface area contributed by atoms with Gasteiger partial charge in [0.1, 0.15) is 11.2 Å². The van der Waals surface area contributed by atoms with Crippen LogP contribution in [-0.4, -0.2) is 37.9 Å². The van der Waals surface area contributed by atoms with Crippen molar-refractivity contribution >= 4 is 44.9 Å². The Morgan fingerprint density at radius 2 is 2.38 bits per heavy atom. The van der Waals surface area contributed by atoms with E-state index in [1.165, 1.54) is 22.2 Å². The van der Waals surface area contributed by atoms with E-state index in [1.807, 2.05) is 11.4 Å². The van der Waals surface area contributed by atoms with Gasteiger partial charge >= 0.3 is 5.97 Å². The van der Waals surface area contributed by atoms with Gasteiger partial charge < -0.3 is 4.74 Å². The van der Waals surface area contributed by atoms with Crippen molar-refractivity contribution in [1.29, 1.82) is 0 Å². The summed E-state index contributed by atoms with van der Waals surface area (Å²) in [5.41, 5.74) is 2.34. The third kappa shape index (κ3) is 3.32. The molecule has 0 N–H and O–H groups in total. The summed E-state index contributed by atoms with van der Waals surface area (Å²) in [5.74, 6) is 1.37. The van der Waals surface area contributed by atoms with Gasteiger partial charge in [0, 0.05) is 17.1 Å². The number of esters is 1. The molecule has 1 aliphatic rings. The molecule has 3 aromatic rings. The first-order valence-corrected chi connectivity index (χ1v) is 10.9. The molecule has 6 nitrogen and oxygen atoms in total. The van der Waals surface area contributed by atoms with Crippen LogP contribution in [-0.2, 0) is 22.4 Å². The molecule has 26 heavy (non-hydrogen) atoms. The molecule has 3 heterocycles. The second kappa shape index (κ2) is 7.52. The SMILES string of the molecule is CCOC(=O)CCCSc1nc2sc3c(c2c2ncnn12)C[C@@H](C)CC3. The number of thiophene rings is 1. The molecule has 4 rings (SSSR count). The third-order valence-electron chi connectivity index (χ3n) is 4.70. The Bertz CT molecular complexity index is 950. The highest BCUT2D eigenvalue weighted by Gasteiger charge is 2.24. The summed E-state index contributed by atoms with van der Waals surface area (Å²) in [5, 5.41) is 6.43.